The van der Waals surface area contributed by atoms with Gasteiger partial charge in [0, 0.05) is 0 Å². The van der Waals surface area contributed by atoms with Gasteiger partial charge in [0.25, 0.3) is 0 Å². The van der Waals surface area contributed by atoms with Gasteiger partial charge in [-0.25, -0.2) is 0 Å². The molecular weight excluding hydrogens is 136 g/mol. The SMILES string of the molecule is C=CC1(O)CC[C@@](C)(CC)C1. The first-order valence-electron chi connectivity index (χ1n) is 4.40. The second-order valence-corrected chi connectivity index (χ2v) is 4.15. The van der Waals surface area contributed by atoms with Crippen LogP contribution in [-0.2, 0) is 0 Å². The second kappa shape index (κ2) is 2.63. The molecule has 64 valence electrons. The van der Waals surface area contributed by atoms with Crippen LogP contribution in [0.4, 0.5) is 0 Å². The molecule has 0 aromatic rings. The highest BCUT2D eigenvalue weighted by Crippen LogP contribution is 2.46. The summed E-state index contributed by atoms with van der Waals surface area (Å²) in [5, 5.41) is 9.85. The van der Waals surface area contributed by atoms with Crippen molar-refractivity contribution in [2.75, 3.05) is 0 Å². The third kappa shape index (κ3) is 1.64. The Kier molecular flexibility index (Phi) is 2.10. The van der Waals surface area contributed by atoms with E-state index in [1.807, 2.05) is 0 Å². The van der Waals surface area contributed by atoms with Crippen molar-refractivity contribution in [3.63, 3.8) is 0 Å². The maximum absolute atomic E-state index is 9.85. The van der Waals surface area contributed by atoms with Crippen LogP contribution < -0.4 is 0 Å². The first-order valence-corrected chi connectivity index (χ1v) is 4.40. The van der Waals surface area contributed by atoms with Crippen molar-refractivity contribution in [3.8, 4) is 0 Å². The first kappa shape index (κ1) is 8.79. The Labute approximate surface area is 69.1 Å². The normalized spacial score (nSPS) is 44.3. The Morgan fingerprint density at radius 1 is 1.55 bits per heavy atom. The van der Waals surface area contributed by atoms with Gasteiger partial charge in [0.1, 0.15) is 0 Å². The van der Waals surface area contributed by atoms with Crippen LogP contribution in [-0.4, -0.2) is 10.7 Å². The Balaban J connectivity index is 2.66. The molecule has 0 spiro atoms. The predicted octanol–water partition coefficient (Wildman–Crippen LogP) is 2.50. The van der Waals surface area contributed by atoms with Crippen molar-refractivity contribution < 1.29 is 5.11 Å². The third-order valence-electron chi connectivity index (χ3n) is 3.13. The Bertz CT molecular complexity index is 164. The Morgan fingerprint density at radius 2 is 2.18 bits per heavy atom. The summed E-state index contributed by atoms with van der Waals surface area (Å²) in [6, 6.07) is 0. The number of aliphatic hydroxyl groups is 1. The van der Waals surface area contributed by atoms with Crippen LogP contribution in [0, 0.1) is 5.41 Å². The minimum Gasteiger partial charge on any atom is -0.386 e. The molecular formula is C10H18O. The van der Waals surface area contributed by atoms with Gasteiger partial charge in [0.2, 0.25) is 0 Å². The van der Waals surface area contributed by atoms with E-state index in [0.29, 0.717) is 5.41 Å². The van der Waals surface area contributed by atoms with Gasteiger partial charge in [0.05, 0.1) is 5.60 Å². The highest BCUT2D eigenvalue weighted by Gasteiger charge is 2.41. The molecule has 0 amide bonds. The standard InChI is InChI=1S/C10H18O/c1-4-9(3)6-7-10(11,5-2)8-9/h5,11H,2,4,6-8H2,1,3H3/t9-,10?/m1/s1. The van der Waals surface area contributed by atoms with E-state index in [1.165, 1.54) is 0 Å². The van der Waals surface area contributed by atoms with E-state index in [4.69, 9.17) is 0 Å². The fourth-order valence-electron chi connectivity index (χ4n) is 1.91. The molecule has 1 nitrogen and oxygen atoms in total. The number of hydrogen-bond acceptors (Lipinski definition) is 1. The molecule has 1 fully saturated rings. The van der Waals surface area contributed by atoms with Gasteiger partial charge in [-0.3, -0.25) is 0 Å². The minimum absolute atomic E-state index is 0.350. The molecule has 2 atom stereocenters. The summed E-state index contributed by atoms with van der Waals surface area (Å²) in [6.07, 6.45) is 5.77. The highest BCUT2D eigenvalue weighted by atomic mass is 16.3. The average molecular weight is 154 g/mol. The lowest BCUT2D eigenvalue weighted by molar-refractivity contribution is 0.0844. The topological polar surface area (TPSA) is 20.2 Å². The van der Waals surface area contributed by atoms with Crippen molar-refractivity contribution in [3.05, 3.63) is 12.7 Å². The predicted molar refractivity (Wildman–Crippen MR) is 47.4 cm³/mol. The van der Waals surface area contributed by atoms with E-state index in [9.17, 15) is 5.11 Å². The maximum Gasteiger partial charge on any atom is 0.0830 e. The molecule has 1 saturated carbocycles. The summed E-state index contributed by atoms with van der Waals surface area (Å²) in [5.41, 5.74) is -0.215. The van der Waals surface area contributed by atoms with E-state index in [0.717, 1.165) is 25.7 Å². The molecule has 1 unspecified atom stereocenters. The fourth-order valence-corrected chi connectivity index (χ4v) is 1.91. The molecule has 0 aromatic carbocycles. The molecule has 1 heteroatoms. The molecule has 1 aliphatic carbocycles. The second-order valence-electron chi connectivity index (χ2n) is 4.15. The van der Waals surface area contributed by atoms with Gasteiger partial charge >= 0.3 is 0 Å². The van der Waals surface area contributed by atoms with Crippen molar-refractivity contribution in [2.24, 2.45) is 5.41 Å². The van der Waals surface area contributed by atoms with Crippen LogP contribution in [0.5, 0.6) is 0 Å². The van der Waals surface area contributed by atoms with Crippen molar-refractivity contribution in [2.45, 2.75) is 45.1 Å². The van der Waals surface area contributed by atoms with E-state index in [1.54, 1.807) is 6.08 Å². The molecule has 1 N–H and O–H groups in total. The molecule has 0 heterocycles. The molecule has 0 aromatic heterocycles. The van der Waals surface area contributed by atoms with Crippen LogP contribution in [0.1, 0.15) is 39.5 Å². The van der Waals surface area contributed by atoms with Gasteiger partial charge in [0.15, 0.2) is 0 Å². The van der Waals surface area contributed by atoms with Crippen molar-refractivity contribution in [1.29, 1.82) is 0 Å². The van der Waals surface area contributed by atoms with Crippen LogP contribution in [0.3, 0.4) is 0 Å². The summed E-state index contributed by atoms with van der Waals surface area (Å²) in [6.45, 7) is 8.10. The lowest BCUT2D eigenvalue weighted by Crippen LogP contribution is -2.23. The van der Waals surface area contributed by atoms with E-state index in [2.05, 4.69) is 20.4 Å². The van der Waals surface area contributed by atoms with Crippen molar-refractivity contribution >= 4 is 0 Å². The largest absolute Gasteiger partial charge is 0.386 e. The summed E-state index contributed by atoms with van der Waals surface area (Å²) in [5.74, 6) is 0. The zero-order valence-corrected chi connectivity index (χ0v) is 7.56. The highest BCUT2D eigenvalue weighted by molar-refractivity contribution is 5.05. The van der Waals surface area contributed by atoms with E-state index in [-0.39, 0.29) is 0 Å². The molecule has 0 saturated heterocycles. The number of rotatable bonds is 2. The summed E-state index contributed by atoms with van der Waals surface area (Å²) in [4.78, 5) is 0. The van der Waals surface area contributed by atoms with E-state index < -0.39 is 5.60 Å². The lowest BCUT2D eigenvalue weighted by Gasteiger charge is -2.24. The zero-order valence-electron chi connectivity index (χ0n) is 7.56. The summed E-state index contributed by atoms with van der Waals surface area (Å²) >= 11 is 0. The average Bonchev–Trinajstić information content (AvgIpc) is 2.30. The minimum atomic E-state index is -0.565. The molecule has 0 aliphatic heterocycles. The molecule has 11 heavy (non-hydrogen) atoms. The third-order valence-corrected chi connectivity index (χ3v) is 3.13. The quantitative estimate of drug-likeness (QED) is 0.606. The lowest BCUT2D eigenvalue weighted by atomic mass is 9.84. The van der Waals surface area contributed by atoms with Gasteiger partial charge in [-0.2, -0.15) is 0 Å². The van der Waals surface area contributed by atoms with Crippen LogP contribution in [0.2, 0.25) is 0 Å². The zero-order chi connectivity index (χ0) is 8.54. The fraction of sp³-hybridized carbons (Fsp3) is 0.800. The smallest absolute Gasteiger partial charge is 0.0830 e. The Hall–Kier alpha value is -0.300. The van der Waals surface area contributed by atoms with Crippen molar-refractivity contribution in [1.82, 2.24) is 0 Å². The van der Waals surface area contributed by atoms with Gasteiger partial charge < -0.3 is 5.11 Å². The Morgan fingerprint density at radius 3 is 2.45 bits per heavy atom. The number of hydrogen-bond donors (Lipinski definition) is 1. The summed E-state index contributed by atoms with van der Waals surface area (Å²) < 4.78 is 0. The van der Waals surface area contributed by atoms with Crippen LogP contribution in [0.25, 0.3) is 0 Å². The molecule has 1 rings (SSSR count). The van der Waals surface area contributed by atoms with Crippen LogP contribution >= 0.6 is 0 Å². The van der Waals surface area contributed by atoms with Crippen LogP contribution in [0.15, 0.2) is 12.7 Å². The van der Waals surface area contributed by atoms with Gasteiger partial charge in [-0.15, -0.1) is 6.58 Å². The molecule has 1 aliphatic rings. The maximum atomic E-state index is 9.85. The van der Waals surface area contributed by atoms with Gasteiger partial charge in [-0.1, -0.05) is 26.3 Å². The molecule has 0 bridgehead atoms. The first-order chi connectivity index (χ1) is 5.04. The molecule has 0 radical (unpaired) electrons. The van der Waals surface area contributed by atoms with Gasteiger partial charge in [-0.05, 0) is 24.7 Å². The van der Waals surface area contributed by atoms with E-state index >= 15 is 0 Å². The summed E-state index contributed by atoms with van der Waals surface area (Å²) in [7, 11) is 0. The monoisotopic (exact) mass is 154 g/mol.